The molecule has 1 aromatic carbocycles. The van der Waals surface area contributed by atoms with E-state index in [1.807, 2.05) is 4.90 Å². The Kier molecular flexibility index (Phi) is 7.24. The van der Waals surface area contributed by atoms with E-state index in [9.17, 15) is 18.0 Å². The predicted octanol–water partition coefficient (Wildman–Crippen LogP) is 1.98. The van der Waals surface area contributed by atoms with Gasteiger partial charge in [-0.3, -0.25) is 20.4 Å². The van der Waals surface area contributed by atoms with E-state index >= 15 is 0 Å². The molecule has 2 amide bonds. The van der Waals surface area contributed by atoms with Gasteiger partial charge < -0.3 is 14.1 Å². The molecule has 184 valence electrons. The fourth-order valence-electron chi connectivity index (χ4n) is 4.30. The molecular formula is C23H30N4O6S. The van der Waals surface area contributed by atoms with Gasteiger partial charge in [-0.1, -0.05) is 6.42 Å². The maximum Gasteiger partial charge on any atom is 0.273 e. The minimum Gasteiger partial charge on any atom is -0.466 e. The summed E-state index contributed by atoms with van der Waals surface area (Å²) in [6.07, 6.45) is 2.64. The van der Waals surface area contributed by atoms with Crippen LogP contribution in [-0.4, -0.2) is 63.9 Å². The number of hydrogen-bond acceptors (Lipinski definition) is 7. The van der Waals surface area contributed by atoms with Gasteiger partial charge in [0.2, 0.25) is 10.0 Å². The fraction of sp³-hybridized carbons (Fsp3) is 0.478. The second-order valence-corrected chi connectivity index (χ2v) is 10.4. The summed E-state index contributed by atoms with van der Waals surface area (Å²) in [5, 5.41) is 0. The lowest BCUT2D eigenvalue weighted by Crippen LogP contribution is -2.43. The molecule has 0 unspecified atom stereocenters. The number of amides is 2. The summed E-state index contributed by atoms with van der Waals surface area (Å²) < 4.78 is 38.7. The number of sulfonamides is 1. The topological polar surface area (TPSA) is 121 Å². The first-order valence-corrected chi connectivity index (χ1v) is 12.9. The zero-order chi connectivity index (χ0) is 24.3. The Morgan fingerprint density at radius 3 is 2.15 bits per heavy atom. The highest BCUT2D eigenvalue weighted by Crippen LogP contribution is 2.28. The van der Waals surface area contributed by atoms with Crippen LogP contribution in [0.2, 0.25) is 0 Å². The number of carbonyl (C=O) groups excluding carboxylic acids is 2. The van der Waals surface area contributed by atoms with Crippen LogP contribution in [0.4, 0.5) is 5.69 Å². The highest BCUT2D eigenvalue weighted by Gasteiger charge is 2.29. The molecule has 2 aliphatic heterocycles. The van der Waals surface area contributed by atoms with Crippen molar-refractivity contribution >= 4 is 27.5 Å². The van der Waals surface area contributed by atoms with Crippen LogP contribution in [0.3, 0.4) is 0 Å². The fourth-order valence-corrected chi connectivity index (χ4v) is 5.84. The molecule has 4 rings (SSSR count). The normalized spacial score (nSPS) is 17.4. The first-order valence-electron chi connectivity index (χ1n) is 11.4. The highest BCUT2D eigenvalue weighted by molar-refractivity contribution is 7.89. The van der Waals surface area contributed by atoms with E-state index in [-0.39, 0.29) is 10.5 Å². The number of nitrogens with one attached hydrogen (secondary N) is 2. The minimum atomic E-state index is -3.73. The summed E-state index contributed by atoms with van der Waals surface area (Å²) in [4.78, 5) is 27.7. The summed E-state index contributed by atoms with van der Waals surface area (Å²) in [5.41, 5.74) is 5.89. The van der Waals surface area contributed by atoms with Gasteiger partial charge in [-0.15, -0.1) is 0 Å². The van der Waals surface area contributed by atoms with Crippen molar-refractivity contribution in [3.63, 3.8) is 0 Å². The van der Waals surface area contributed by atoms with Crippen LogP contribution in [0.25, 0.3) is 0 Å². The maximum atomic E-state index is 13.2. The van der Waals surface area contributed by atoms with Crippen LogP contribution in [0, 0.1) is 13.8 Å². The SMILES string of the molecule is Cc1cc(C(=O)NNC(=O)c2cc(S(=O)(=O)N3CCCCC3)ccc2N2CCOCC2)c(C)o1. The average molecular weight is 491 g/mol. The molecule has 0 saturated carbocycles. The second-order valence-electron chi connectivity index (χ2n) is 8.48. The van der Waals surface area contributed by atoms with E-state index in [2.05, 4.69) is 10.9 Å². The van der Waals surface area contributed by atoms with Gasteiger partial charge in [-0.25, -0.2) is 8.42 Å². The number of carbonyl (C=O) groups is 2. The van der Waals surface area contributed by atoms with Gasteiger partial charge in [0.1, 0.15) is 11.5 Å². The Morgan fingerprint density at radius 2 is 1.53 bits per heavy atom. The first-order chi connectivity index (χ1) is 16.3. The zero-order valence-electron chi connectivity index (χ0n) is 19.4. The molecule has 11 heteroatoms. The quantitative estimate of drug-likeness (QED) is 0.615. The average Bonchev–Trinajstić information content (AvgIpc) is 3.20. The van der Waals surface area contributed by atoms with Crippen LogP contribution in [0.5, 0.6) is 0 Å². The molecule has 0 bridgehead atoms. The van der Waals surface area contributed by atoms with Gasteiger partial charge in [0.25, 0.3) is 11.8 Å². The van der Waals surface area contributed by atoms with Crippen LogP contribution in [0.15, 0.2) is 33.6 Å². The number of morpholine rings is 1. The van der Waals surface area contributed by atoms with Gasteiger partial charge in [0.05, 0.1) is 29.2 Å². The van der Waals surface area contributed by atoms with Crippen molar-refractivity contribution in [2.24, 2.45) is 0 Å². The molecule has 10 nitrogen and oxygen atoms in total. The molecule has 3 heterocycles. The van der Waals surface area contributed by atoms with Gasteiger partial charge >= 0.3 is 0 Å². The number of rotatable bonds is 5. The Balaban J connectivity index is 1.60. The summed E-state index contributed by atoms with van der Waals surface area (Å²) in [6.45, 7) is 6.47. The minimum absolute atomic E-state index is 0.0594. The Hall–Kier alpha value is -2.89. The standard InChI is InChI=1S/C23H30N4O6S/c1-16-14-19(17(2)33-16)22(28)24-25-23(29)20-15-18(34(30,31)27-8-4-3-5-9-27)6-7-21(20)26-10-12-32-13-11-26/h6-7,14-15H,3-5,8-13H2,1-2H3,(H,24,28)(H,25,29). The Bertz CT molecular complexity index is 1160. The third-order valence-corrected chi connectivity index (χ3v) is 7.99. The lowest BCUT2D eigenvalue weighted by Gasteiger charge is -2.31. The lowest BCUT2D eigenvalue weighted by molar-refractivity contribution is 0.0845. The van der Waals surface area contributed by atoms with Crippen molar-refractivity contribution in [2.75, 3.05) is 44.3 Å². The number of nitrogens with zero attached hydrogens (tertiary/aromatic N) is 2. The van der Waals surface area contributed by atoms with Crippen molar-refractivity contribution in [1.82, 2.24) is 15.2 Å². The molecule has 2 aliphatic rings. The van der Waals surface area contributed by atoms with Crippen molar-refractivity contribution in [3.8, 4) is 0 Å². The smallest absolute Gasteiger partial charge is 0.273 e. The van der Waals surface area contributed by atoms with E-state index < -0.39 is 21.8 Å². The van der Waals surface area contributed by atoms with Crippen LogP contribution < -0.4 is 15.8 Å². The van der Waals surface area contributed by atoms with E-state index in [4.69, 9.17) is 9.15 Å². The summed E-state index contributed by atoms with van der Waals surface area (Å²) in [6, 6.07) is 6.18. The monoisotopic (exact) mass is 490 g/mol. The molecule has 2 saturated heterocycles. The van der Waals surface area contributed by atoms with Crippen LogP contribution >= 0.6 is 0 Å². The molecular weight excluding hydrogens is 460 g/mol. The Labute approximate surface area is 199 Å². The summed E-state index contributed by atoms with van der Waals surface area (Å²) in [5.74, 6) is -0.108. The number of aryl methyl sites for hydroxylation is 2. The number of hydrazine groups is 1. The molecule has 0 radical (unpaired) electrons. The number of furan rings is 1. The molecule has 0 aliphatic carbocycles. The van der Waals surface area contributed by atoms with Gasteiger partial charge in [-0.05, 0) is 51.0 Å². The lowest BCUT2D eigenvalue weighted by atomic mass is 10.1. The largest absolute Gasteiger partial charge is 0.466 e. The van der Waals surface area contributed by atoms with Crippen LogP contribution in [-0.2, 0) is 14.8 Å². The summed E-state index contributed by atoms with van der Waals surface area (Å²) in [7, 11) is -3.73. The van der Waals surface area contributed by atoms with Gasteiger partial charge in [-0.2, -0.15) is 4.31 Å². The van der Waals surface area contributed by atoms with Gasteiger partial charge in [0, 0.05) is 31.9 Å². The van der Waals surface area contributed by atoms with E-state index in [1.54, 1.807) is 32.0 Å². The molecule has 2 N–H and O–H groups in total. The number of ether oxygens (including phenoxy) is 1. The predicted molar refractivity (Wildman–Crippen MR) is 125 cm³/mol. The number of piperidine rings is 1. The first kappa shape index (κ1) is 24.2. The van der Waals surface area contributed by atoms with Crippen LogP contribution in [0.1, 0.15) is 51.5 Å². The van der Waals surface area contributed by atoms with Crippen molar-refractivity contribution in [1.29, 1.82) is 0 Å². The van der Waals surface area contributed by atoms with Crippen molar-refractivity contribution in [3.05, 3.63) is 46.9 Å². The number of benzene rings is 1. The van der Waals surface area contributed by atoms with E-state index in [0.29, 0.717) is 62.2 Å². The molecule has 34 heavy (non-hydrogen) atoms. The highest BCUT2D eigenvalue weighted by atomic mass is 32.2. The Morgan fingerprint density at radius 1 is 0.882 bits per heavy atom. The molecule has 0 atom stereocenters. The second kappa shape index (κ2) is 10.2. The number of anilines is 1. The molecule has 0 spiro atoms. The van der Waals surface area contributed by atoms with Crippen molar-refractivity contribution < 1.29 is 27.2 Å². The summed E-state index contributed by atoms with van der Waals surface area (Å²) >= 11 is 0. The van der Waals surface area contributed by atoms with Gasteiger partial charge in [0.15, 0.2) is 0 Å². The molecule has 1 aromatic heterocycles. The molecule has 2 aromatic rings. The van der Waals surface area contributed by atoms with E-state index in [0.717, 1.165) is 19.3 Å². The molecule has 2 fully saturated rings. The van der Waals surface area contributed by atoms with Crippen molar-refractivity contribution in [2.45, 2.75) is 38.0 Å². The zero-order valence-corrected chi connectivity index (χ0v) is 20.2. The third kappa shape index (κ3) is 5.11. The maximum absolute atomic E-state index is 13.2. The van der Waals surface area contributed by atoms with E-state index in [1.165, 1.54) is 10.4 Å². The third-order valence-electron chi connectivity index (χ3n) is 6.09. The number of hydrogen-bond donors (Lipinski definition) is 2.